The van der Waals surface area contributed by atoms with Gasteiger partial charge in [0.2, 0.25) is 5.91 Å². The van der Waals surface area contributed by atoms with E-state index >= 15 is 0 Å². The molecule has 0 fully saturated rings. The van der Waals surface area contributed by atoms with Gasteiger partial charge in [0.15, 0.2) is 0 Å². The largest absolute Gasteiger partial charge is 0.480 e. The Kier molecular flexibility index (Phi) is 7.46. The van der Waals surface area contributed by atoms with Crippen molar-refractivity contribution in [3.63, 3.8) is 0 Å². The molecule has 0 saturated carbocycles. The molecule has 1 rings (SSSR count). The van der Waals surface area contributed by atoms with Gasteiger partial charge >= 0.3 is 5.97 Å². The van der Waals surface area contributed by atoms with E-state index in [-0.39, 0.29) is 12.5 Å². The minimum absolute atomic E-state index is 0.115. The van der Waals surface area contributed by atoms with Crippen molar-refractivity contribution in [3.8, 4) is 0 Å². The van der Waals surface area contributed by atoms with Crippen molar-refractivity contribution in [3.05, 3.63) is 35.9 Å². The molecule has 2 N–H and O–H groups in total. The molecular weight excluding hydrogens is 270 g/mol. The molecule has 5 heteroatoms. The van der Waals surface area contributed by atoms with Gasteiger partial charge in [-0.25, -0.2) is 4.79 Å². The normalized spacial score (nSPS) is 13.4. The molecule has 2 atom stereocenters. The number of aliphatic carboxylic acids is 1. The van der Waals surface area contributed by atoms with E-state index in [1.54, 1.807) is 6.92 Å². The SMILES string of the molecule is CCC(C)C(NC(=O)COCCc1ccccc1)C(=O)O. The van der Waals surface area contributed by atoms with Gasteiger partial charge in [-0.1, -0.05) is 50.6 Å². The van der Waals surface area contributed by atoms with Crippen molar-refractivity contribution < 1.29 is 19.4 Å². The topological polar surface area (TPSA) is 75.6 Å². The molecule has 0 saturated heterocycles. The average molecular weight is 293 g/mol. The molecule has 0 aliphatic heterocycles. The van der Waals surface area contributed by atoms with Crippen LogP contribution >= 0.6 is 0 Å². The van der Waals surface area contributed by atoms with Crippen LogP contribution in [0.1, 0.15) is 25.8 Å². The van der Waals surface area contributed by atoms with E-state index in [0.29, 0.717) is 13.0 Å². The molecule has 1 amide bonds. The summed E-state index contributed by atoms with van der Waals surface area (Å²) >= 11 is 0. The van der Waals surface area contributed by atoms with E-state index in [0.717, 1.165) is 12.0 Å². The Morgan fingerprint density at radius 3 is 2.52 bits per heavy atom. The number of benzene rings is 1. The fourth-order valence-electron chi connectivity index (χ4n) is 1.90. The first-order valence-electron chi connectivity index (χ1n) is 7.18. The number of amides is 1. The number of nitrogens with one attached hydrogen (secondary N) is 1. The van der Waals surface area contributed by atoms with Crippen LogP contribution in [0, 0.1) is 5.92 Å². The number of hydrogen-bond donors (Lipinski definition) is 2. The summed E-state index contributed by atoms with van der Waals surface area (Å²) in [5, 5.41) is 11.6. The smallest absolute Gasteiger partial charge is 0.326 e. The second kappa shape index (κ2) is 9.13. The van der Waals surface area contributed by atoms with Crippen molar-refractivity contribution in [2.24, 2.45) is 5.92 Å². The lowest BCUT2D eigenvalue weighted by atomic mass is 9.99. The lowest BCUT2D eigenvalue weighted by molar-refractivity contribution is -0.144. The second-order valence-electron chi connectivity index (χ2n) is 5.06. The van der Waals surface area contributed by atoms with Gasteiger partial charge in [0.1, 0.15) is 12.6 Å². The molecule has 1 aromatic rings. The average Bonchev–Trinajstić information content (AvgIpc) is 2.49. The summed E-state index contributed by atoms with van der Waals surface area (Å²) in [7, 11) is 0. The second-order valence-corrected chi connectivity index (χ2v) is 5.06. The Morgan fingerprint density at radius 1 is 1.29 bits per heavy atom. The molecule has 0 aliphatic carbocycles. The molecule has 116 valence electrons. The van der Waals surface area contributed by atoms with Gasteiger partial charge in [0, 0.05) is 0 Å². The molecular formula is C16H23NO4. The van der Waals surface area contributed by atoms with Gasteiger partial charge in [-0.2, -0.15) is 0 Å². The number of carboxylic acid groups (broad SMARTS) is 1. The highest BCUT2D eigenvalue weighted by molar-refractivity contribution is 5.84. The zero-order valence-electron chi connectivity index (χ0n) is 12.5. The standard InChI is InChI=1S/C16H23NO4/c1-3-12(2)15(16(19)20)17-14(18)11-21-10-9-13-7-5-4-6-8-13/h4-8,12,15H,3,9-11H2,1-2H3,(H,17,18)(H,19,20). The molecule has 1 aromatic carbocycles. The van der Waals surface area contributed by atoms with Crippen molar-refractivity contribution >= 4 is 11.9 Å². The number of ether oxygens (including phenoxy) is 1. The Balaban J connectivity index is 2.28. The van der Waals surface area contributed by atoms with Crippen LogP contribution in [-0.4, -0.2) is 36.2 Å². The quantitative estimate of drug-likeness (QED) is 0.681. The highest BCUT2D eigenvalue weighted by Crippen LogP contribution is 2.07. The minimum Gasteiger partial charge on any atom is -0.480 e. The molecule has 0 aliphatic rings. The molecule has 0 bridgehead atoms. The fourth-order valence-corrected chi connectivity index (χ4v) is 1.90. The predicted octanol–water partition coefficient (Wildman–Crippen LogP) is 1.86. The monoisotopic (exact) mass is 293 g/mol. The van der Waals surface area contributed by atoms with Crippen molar-refractivity contribution in [2.45, 2.75) is 32.7 Å². The van der Waals surface area contributed by atoms with Crippen LogP contribution in [0.4, 0.5) is 0 Å². The zero-order chi connectivity index (χ0) is 15.7. The third-order valence-corrected chi connectivity index (χ3v) is 3.41. The van der Waals surface area contributed by atoms with Crippen LogP contribution in [0.25, 0.3) is 0 Å². The Hall–Kier alpha value is -1.88. The third-order valence-electron chi connectivity index (χ3n) is 3.41. The fraction of sp³-hybridized carbons (Fsp3) is 0.500. The van der Waals surface area contributed by atoms with E-state index in [1.807, 2.05) is 37.3 Å². The van der Waals surface area contributed by atoms with E-state index in [4.69, 9.17) is 9.84 Å². The number of hydrogen-bond acceptors (Lipinski definition) is 3. The summed E-state index contributed by atoms with van der Waals surface area (Å²) in [6.07, 6.45) is 1.41. The summed E-state index contributed by atoms with van der Waals surface area (Å²) in [6, 6.07) is 8.97. The molecule has 0 radical (unpaired) electrons. The highest BCUT2D eigenvalue weighted by atomic mass is 16.5. The number of rotatable bonds is 9. The lowest BCUT2D eigenvalue weighted by Gasteiger charge is -2.20. The van der Waals surface area contributed by atoms with Gasteiger partial charge in [-0.05, 0) is 17.9 Å². The lowest BCUT2D eigenvalue weighted by Crippen LogP contribution is -2.46. The van der Waals surface area contributed by atoms with Crippen molar-refractivity contribution in [1.82, 2.24) is 5.32 Å². The first-order valence-corrected chi connectivity index (χ1v) is 7.18. The summed E-state index contributed by atoms with van der Waals surface area (Å²) in [4.78, 5) is 22.8. The Labute approximate surface area is 125 Å². The third kappa shape index (κ3) is 6.40. The summed E-state index contributed by atoms with van der Waals surface area (Å²) in [5.41, 5.74) is 1.14. The first-order chi connectivity index (χ1) is 10.0. The number of carbonyl (C=O) groups excluding carboxylic acids is 1. The maximum Gasteiger partial charge on any atom is 0.326 e. The van der Waals surface area contributed by atoms with Crippen LogP contribution in [-0.2, 0) is 20.7 Å². The Bertz CT molecular complexity index is 447. The first kappa shape index (κ1) is 17.2. The van der Waals surface area contributed by atoms with E-state index in [2.05, 4.69) is 5.32 Å². The summed E-state index contributed by atoms with van der Waals surface area (Å²) < 4.78 is 5.29. The summed E-state index contributed by atoms with van der Waals surface area (Å²) in [5.74, 6) is -1.52. The predicted molar refractivity (Wildman–Crippen MR) is 80.0 cm³/mol. The van der Waals surface area contributed by atoms with E-state index < -0.39 is 17.9 Å². The van der Waals surface area contributed by atoms with Gasteiger partial charge in [-0.15, -0.1) is 0 Å². The molecule has 2 unspecified atom stereocenters. The van der Waals surface area contributed by atoms with E-state index in [9.17, 15) is 9.59 Å². The van der Waals surface area contributed by atoms with Crippen molar-refractivity contribution in [2.75, 3.05) is 13.2 Å². The maximum atomic E-state index is 11.7. The van der Waals surface area contributed by atoms with Gasteiger partial charge < -0.3 is 15.2 Å². The Morgan fingerprint density at radius 2 is 1.95 bits per heavy atom. The molecule has 5 nitrogen and oxygen atoms in total. The van der Waals surface area contributed by atoms with E-state index in [1.165, 1.54) is 0 Å². The van der Waals surface area contributed by atoms with Crippen LogP contribution < -0.4 is 5.32 Å². The number of carbonyl (C=O) groups is 2. The zero-order valence-corrected chi connectivity index (χ0v) is 12.5. The van der Waals surface area contributed by atoms with Gasteiger partial charge in [0.25, 0.3) is 0 Å². The minimum atomic E-state index is -1.01. The molecule has 0 heterocycles. The van der Waals surface area contributed by atoms with Gasteiger partial charge in [0.05, 0.1) is 6.61 Å². The molecule has 0 spiro atoms. The van der Waals surface area contributed by atoms with Crippen LogP contribution in [0.15, 0.2) is 30.3 Å². The highest BCUT2D eigenvalue weighted by Gasteiger charge is 2.25. The maximum absolute atomic E-state index is 11.7. The van der Waals surface area contributed by atoms with Gasteiger partial charge in [-0.3, -0.25) is 4.79 Å². The molecule has 21 heavy (non-hydrogen) atoms. The number of carboxylic acids is 1. The van der Waals surface area contributed by atoms with Crippen LogP contribution in [0.2, 0.25) is 0 Å². The molecule has 0 aromatic heterocycles. The van der Waals surface area contributed by atoms with Crippen LogP contribution in [0.3, 0.4) is 0 Å². The van der Waals surface area contributed by atoms with Crippen molar-refractivity contribution in [1.29, 1.82) is 0 Å². The summed E-state index contributed by atoms with van der Waals surface area (Å²) in [6.45, 7) is 4.00. The van der Waals surface area contributed by atoms with Crippen LogP contribution in [0.5, 0.6) is 0 Å².